The first-order valence-electron chi connectivity index (χ1n) is 7.27. The van der Waals surface area contributed by atoms with Gasteiger partial charge in [-0.25, -0.2) is 4.98 Å². The predicted molar refractivity (Wildman–Crippen MR) is 92.9 cm³/mol. The summed E-state index contributed by atoms with van der Waals surface area (Å²) in [5, 5.41) is 25.3. The van der Waals surface area contributed by atoms with E-state index in [1.807, 2.05) is 0 Å². The topological polar surface area (TPSA) is 137 Å². The predicted octanol–water partition coefficient (Wildman–Crippen LogP) is 3.60. The number of anilines is 1. The number of hydrazone groups is 1. The van der Waals surface area contributed by atoms with Gasteiger partial charge in [0.2, 0.25) is 0 Å². The number of hydrogen-bond acceptors (Lipinski definition) is 8. The van der Waals surface area contributed by atoms with E-state index in [2.05, 4.69) is 15.5 Å². The molecule has 0 saturated carbocycles. The van der Waals surface area contributed by atoms with Gasteiger partial charge in [0, 0.05) is 23.8 Å². The molecule has 0 fully saturated rings. The van der Waals surface area contributed by atoms with Crippen molar-refractivity contribution >= 4 is 23.4 Å². The first-order valence-corrected chi connectivity index (χ1v) is 7.27. The Bertz CT molecular complexity index is 981. The van der Waals surface area contributed by atoms with Crippen LogP contribution in [0.2, 0.25) is 0 Å². The molecule has 0 unspecified atom stereocenters. The monoisotopic (exact) mass is 353 g/mol. The summed E-state index contributed by atoms with van der Waals surface area (Å²) in [5.74, 6) is 1.21. The Balaban J connectivity index is 1.68. The Morgan fingerprint density at radius 3 is 2.54 bits per heavy atom. The number of furan rings is 1. The van der Waals surface area contributed by atoms with E-state index in [1.54, 1.807) is 24.3 Å². The fourth-order valence-electron chi connectivity index (χ4n) is 2.07. The Kier molecular flexibility index (Phi) is 4.65. The van der Waals surface area contributed by atoms with Gasteiger partial charge >= 0.3 is 0 Å². The number of benzene rings is 1. The van der Waals surface area contributed by atoms with E-state index in [1.165, 1.54) is 30.5 Å². The lowest BCUT2D eigenvalue weighted by Crippen LogP contribution is -1.94. The van der Waals surface area contributed by atoms with E-state index < -0.39 is 9.85 Å². The summed E-state index contributed by atoms with van der Waals surface area (Å²) < 4.78 is 5.57. The standard InChI is InChI=1S/C16H11N5O5/c22-20(23)12-3-1-2-11(8-12)15-6-5-14(26-15)10-18-19-16-7-4-13(9-17-16)21(24)25/h1-10H,(H,17,19)/b18-10-. The molecule has 0 aliphatic rings. The Hall–Kier alpha value is -4.08. The van der Waals surface area contributed by atoms with Gasteiger partial charge in [-0.1, -0.05) is 12.1 Å². The van der Waals surface area contributed by atoms with Crippen molar-refractivity contribution in [3.8, 4) is 11.3 Å². The second-order valence-corrected chi connectivity index (χ2v) is 5.04. The van der Waals surface area contributed by atoms with Crippen LogP contribution in [0.15, 0.2) is 64.2 Å². The molecule has 0 aliphatic carbocycles. The average Bonchev–Trinajstić information content (AvgIpc) is 3.11. The average molecular weight is 353 g/mol. The number of nitrogens with one attached hydrogen (secondary N) is 1. The summed E-state index contributed by atoms with van der Waals surface area (Å²) in [6.07, 6.45) is 2.51. The van der Waals surface area contributed by atoms with Crippen molar-refractivity contribution in [3.63, 3.8) is 0 Å². The first kappa shape index (κ1) is 16.8. The molecule has 2 heterocycles. The number of aromatic nitrogens is 1. The highest BCUT2D eigenvalue weighted by atomic mass is 16.6. The van der Waals surface area contributed by atoms with Crippen molar-refractivity contribution in [1.82, 2.24) is 4.98 Å². The summed E-state index contributed by atoms with van der Waals surface area (Å²) in [4.78, 5) is 24.2. The van der Waals surface area contributed by atoms with Gasteiger partial charge in [-0.05, 0) is 18.2 Å². The molecule has 130 valence electrons. The maximum Gasteiger partial charge on any atom is 0.287 e. The molecule has 0 saturated heterocycles. The highest BCUT2D eigenvalue weighted by Gasteiger charge is 2.10. The minimum absolute atomic E-state index is 0.0278. The summed E-state index contributed by atoms with van der Waals surface area (Å²) in [7, 11) is 0. The van der Waals surface area contributed by atoms with E-state index in [4.69, 9.17) is 4.42 Å². The largest absolute Gasteiger partial charge is 0.455 e. The number of pyridine rings is 1. The van der Waals surface area contributed by atoms with Gasteiger partial charge in [-0.15, -0.1) is 0 Å². The lowest BCUT2D eigenvalue weighted by atomic mass is 10.1. The van der Waals surface area contributed by atoms with Crippen LogP contribution in [0.25, 0.3) is 11.3 Å². The Labute approximate surface area is 146 Å². The molecule has 1 N–H and O–H groups in total. The molecule has 2 aromatic heterocycles. The van der Waals surface area contributed by atoms with E-state index in [-0.39, 0.29) is 11.4 Å². The molecule has 0 spiro atoms. The number of hydrogen-bond donors (Lipinski definition) is 1. The number of non-ortho nitro benzene ring substituents is 1. The highest BCUT2D eigenvalue weighted by Crippen LogP contribution is 2.25. The van der Waals surface area contributed by atoms with Crippen molar-refractivity contribution in [1.29, 1.82) is 0 Å². The molecule has 0 bridgehead atoms. The molecule has 0 aliphatic heterocycles. The van der Waals surface area contributed by atoms with Crippen LogP contribution in [0.3, 0.4) is 0 Å². The first-order chi connectivity index (χ1) is 12.5. The lowest BCUT2D eigenvalue weighted by molar-refractivity contribution is -0.385. The van der Waals surface area contributed by atoms with Gasteiger partial charge in [0.25, 0.3) is 11.4 Å². The van der Waals surface area contributed by atoms with Crippen LogP contribution in [-0.2, 0) is 0 Å². The lowest BCUT2D eigenvalue weighted by Gasteiger charge is -1.98. The van der Waals surface area contributed by atoms with Crippen molar-refractivity contribution in [2.24, 2.45) is 5.10 Å². The molecule has 10 heteroatoms. The zero-order valence-corrected chi connectivity index (χ0v) is 13.1. The molecule has 0 radical (unpaired) electrons. The highest BCUT2D eigenvalue weighted by molar-refractivity contribution is 5.78. The summed E-state index contributed by atoms with van der Waals surface area (Å²) in [6, 6.07) is 12.1. The van der Waals surface area contributed by atoms with Crippen molar-refractivity contribution in [2.45, 2.75) is 0 Å². The number of nitro groups is 2. The molecule has 3 aromatic rings. The maximum atomic E-state index is 10.8. The number of rotatable bonds is 6. The Morgan fingerprint density at radius 2 is 1.85 bits per heavy atom. The normalized spacial score (nSPS) is 10.8. The minimum Gasteiger partial charge on any atom is -0.455 e. The zero-order valence-electron chi connectivity index (χ0n) is 13.1. The summed E-state index contributed by atoms with van der Waals surface area (Å²) in [5.41, 5.74) is 3.05. The van der Waals surface area contributed by atoms with Gasteiger partial charge < -0.3 is 4.42 Å². The van der Waals surface area contributed by atoms with Gasteiger partial charge in [-0.3, -0.25) is 25.7 Å². The van der Waals surface area contributed by atoms with Crippen LogP contribution in [0.4, 0.5) is 17.2 Å². The van der Waals surface area contributed by atoms with Gasteiger partial charge in [-0.2, -0.15) is 5.10 Å². The second kappa shape index (κ2) is 7.21. The molecule has 0 atom stereocenters. The van der Waals surface area contributed by atoms with Crippen molar-refractivity contribution < 1.29 is 14.3 Å². The summed E-state index contributed by atoms with van der Waals surface area (Å²) in [6.45, 7) is 0. The third-order valence-corrected chi connectivity index (χ3v) is 3.30. The van der Waals surface area contributed by atoms with Gasteiger partial charge in [0.05, 0.1) is 16.1 Å². The van der Waals surface area contributed by atoms with Crippen LogP contribution in [0.1, 0.15) is 5.76 Å². The van der Waals surface area contributed by atoms with Crippen molar-refractivity contribution in [2.75, 3.05) is 5.43 Å². The van der Waals surface area contributed by atoms with Crippen LogP contribution in [-0.4, -0.2) is 21.0 Å². The van der Waals surface area contributed by atoms with Crippen LogP contribution >= 0.6 is 0 Å². The smallest absolute Gasteiger partial charge is 0.287 e. The quantitative estimate of drug-likeness (QED) is 0.406. The third kappa shape index (κ3) is 3.87. The molecular weight excluding hydrogens is 342 g/mol. The number of nitro benzene ring substituents is 1. The fraction of sp³-hybridized carbons (Fsp3) is 0. The zero-order chi connectivity index (χ0) is 18.5. The summed E-state index contributed by atoms with van der Waals surface area (Å²) >= 11 is 0. The number of nitrogens with zero attached hydrogens (tertiary/aromatic N) is 4. The molecular formula is C16H11N5O5. The molecule has 0 amide bonds. The van der Waals surface area contributed by atoms with Crippen LogP contribution in [0, 0.1) is 20.2 Å². The van der Waals surface area contributed by atoms with E-state index in [0.29, 0.717) is 22.9 Å². The van der Waals surface area contributed by atoms with Crippen LogP contribution < -0.4 is 5.43 Å². The molecule has 3 rings (SSSR count). The Morgan fingerprint density at radius 1 is 1.04 bits per heavy atom. The van der Waals surface area contributed by atoms with Gasteiger partial charge in [0.1, 0.15) is 23.5 Å². The SMILES string of the molecule is O=[N+]([O-])c1ccc(N/N=C\c2ccc(-c3cccc([N+](=O)[O-])c3)o2)nc1. The second-order valence-electron chi connectivity index (χ2n) is 5.04. The molecule has 10 nitrogen and oxygen atoms in total. The van der Waals surface area contributed by atoms with Crippen LogP contribution in [0.5, 0.6) is 0 Å². The minimum atomic E-state index is -0.543. The van der Waals surface area contributed by atoms with Crippen molar-refractivity contribution in [3.05, 3.63) is 80.7 Å². The van der Waals surface area contributed by atoms with Gasteiger partial charge in [0.15, 0.2) is 0 Å². The van der Waals surface area contributed by atoms with E-state index in [9.17, 15) is 20.2 Å². The maximum absolute atomic E-state index is 10.8. The molecule has 1 aromatic carbocycles. The third-order valence-electron chi connectivity index (χ3n) is 3.30. The van der Waals surface area contributed by atoms with E-state index >= 15 is 0 Å². The van der Waals surface area contributed by atoms with E-state index in [0.717, 1.165) is 6.20 Å². The fourth-order valence-corrected chi connectivity index (χ4v) is 2.07. The molecule has 26 heavy (non-hydrogen) atoms.